The van der Waals surface area contributed by atoms with Gasteiger partial charge >= 0.3 is 5.97 Å². The van der Waals surface area contributed by atoms with Gasteiger partial charge in [0, 0.05) is 6.07 Å². The van der Waals surface area contributed by atoms with E-state index >= 15 is 0 Å². The Morgan fingerprint density at radius 2 is 1.74 bits per heavy atom. The standard InChI is InChI=1S/C15H22O4/c1-3-5-9-18-12-7-8-13(15(16)17)14(11-12)19-10-6-4-2/h7-8,11H,3-6,9-10H2,1-2H3,(H,16,17). The maximum Gasteiger partial charge on any atom is 0.339 e. The third-order valence-electron chi connectivity index (χ3n) is 2.71. The van der Waals surface area contributed by atoms with Gasteiger partial charge < -0.3 is 14.6 Å². The fraction of sp³-hybridized carbons (Fsp3) is 0.533. The zero-order valence-electron chi connectivity index (χ0n) is 11.6. The molecule has 0 amide bonds. The molecule has 0 aliphatic rings. The van der Waals surface area contributed by atoms with E-state index in [4.69, 9.17) is 14.6 Å². The van der Waals surface area contributed by atoms with E-state index in [2.05, 4.69) is 13.8 Å². The Morgan fingerprint density at radius 1 is 1.11 bits per heavy atom. The van der Waals surface area contributed by atoms with Gasteiger partial charge in [-0.1, -0.05) is 26.7 Å². The minimum atomic E-state index is -0.980. The number of carboxylic acid groups (broad SMARTS) is 1. The van der Waals surface area contributed by atoms with E-state index in [0.29, 0.717) is 24.7 Å². The molecule has 0 spiro atoms. The van der Waals surface area contributed by atoms with Crippen molar-refractivity contribution in [1.29, 1.82) is 0 Å². The van der Waals surface area contributed by atoms with Crippen molar-refractivity contribution in [3.8, 4) is 11.5 Å². The van der Waals surface area contributed by atoms with Gasteiger partial charge in [0.1, 0.15) is 17.1 Å². The molecule has 106 valence electrons. The van der Waals surface area contributed by atoms with Crippen LogP contribution in [0.2, 0.25) is 0 Å². The highest BCUT2D eigenvalue weighted by Gasteiger charge is 2.12. The van der Waals surface area contributed by atoms with Gasteiger partial charge in [-0.25, -0.2) is 4.79 Å². The van der Waals surface area contributed by atoms with Crippen molar-refractivity contribution in [2.24, 2.45) is 0 Å². The highest BCUT2D eigenvalue weighted by atomic mass is 16.5. The molecular weight excluding hydrogens is 244 g/mol. The van der Waals surface area contributed by atoms with E-state index in [1.807, 2.05) is 0 Å². The lowest BCUT2D eigenvalue weighted by Gasteiger charge is -2.11. The fourth-order valence-electron chi connectivity index (χ4n) is 1.55. The summed E-state index contributed by atoms with van der Waals surface area (Å²) < 4.78 is 11.1. The van der Waals surface area contributed by atoms with Crippen LogP contribution in [0.25, 0.3) is 0 Å². The zero-order chi connectivity index (χ0) is 14.1. The first-order valence-corrected chi connectivity index (χ1v) is 6.82. The van der Waals surface area contributed by atoms with Gasteiger partial charge in [0.25, 0.3) is 0 Å². The lowest BCUT2D eigenvalue weighted by Crippen LogP contribution is -2.05. The van der Waals surface area contributed by atoms with Crippen molar-refractivity contribution in [2.75, 3.05) is 13.2 Å². The van der Waals surface area contributed by atoms with Crippen LogP contribution in [0.15, 0.2) is 18.2 Å². The zero-order valence-corrected chi connectivity index (χ0v) is 11.6. The molecule has 19 heavy (non-hydrogen) atoms. The summed E-state index contributed by atoms with van der Waals surface area (Å²) in [6.45, 7) is 5.31. The van der Waals surface area contributed by atoms with E-state index in [0.717, 1.165) is 25.7 Å². The Bertz CT molecular complexity index is 401. The van der Waals surface area contributed by atoms with E-state index in [1.54, 1.807) is 12.1 Å². The molecule has 4 nitrogen and oxygen atoms in total. The van der Waals surface area contributed by atoms with E-state index in [-0.39, 0.29) is 5.56 Å². The molecule has 0 fully saturated rings. The van der Waals surface area contributed by atoms with Crippen LogP contribution < -0.4 is 9.47 Å². The van der Waals surface area contributed by atoms with Crippen LogP contribution in [-0.2, 0) is 0 Å². The summed E-state index contributed by atoms with van der Waals surface area (Å²) in [5.41, 5.74) is 0.180. The number of hydrogen-bond donors (Lipinski definition) is 1. The molecule has 0 bridgehead atoms. The maximum atomic E-state index is 11.1. The molecule has 0 radical (unpaired) electrons. The minimum Gasteiger partial charge on any atom is -0.493 e. The van der Waals surface area contributed by atoms with Crippen LogP contribution in [0.1, 0.15) is 49.9 Å². The van der Waals surface area contributed by atoms with Gasteiger partial charge in [-0.3, -0.25) is 0 Å². The molecule has 0 atom stereocenters. The molecule has 0 aliphatic heterocycles. The average molecular weight is 266 g/mol. The van der Waals surface area contributed by atoms with Gasteiger partial charge in [0.15, 0.2) is 0 Å². The van der Waals surface area contributed by atoms with Crippen molar-refractivity contribution in [1.82, 2.24) is 0 Å². The van der Waals surface area contributed by atoms with Crippen molar-refractivity contribution < 1.29 is 19.4 Å². The molecule has 0 saturated heterocycles. The minimum absolute atomic E-state index is 0.180. The monoisotopic (exact) mass is 266 g/mol. The van der Waals surface area contributed by atoms with Crippen molar-refractivity contribution in [3.63, 3.8) is 0 Å². The Morgan fingerprint density at radius 3 is 2.32 bits per heavy atom. The number of carbonyl (C=O) groups is 1. The van der Waals surface area contributed by atoms with Gasteiger partial charge in [0.05, 0.1) is 13.2 Å². The number of ether oxygens (including phenoxy) is 2. The number of rotatable bonds is 9. The van der Waals surface area contributed by atoms with Crippen molar-refractivity contribution in [2.45, 2.75) is 39.5 Å². The lowest BCUT2D eigenvalue weighted by molar-refractivity contribution is 0.0692. The number of unbranched alkanes of at least 4 members (excludes halogenated alkanes) is 2. The summed E-state index contributed by atoms with van der Waals surface area (Å²) in [5.74, 6) is 0.0616. The second-order valence-corrected chi connectivity index (χ2v) is 4.37. The predicted molar refractivity (Wildman–Crippen MR) is 74.2 cm³/mol. The first-order chi connectivity index (χ1) is 9.19. The summed E-state index contributed by atoms with van der Waals surface area (Å²) in [5, 5.41) is 9.11. The molecule has 0 aromatic heterocycles. The molecule has 1 aromatic carbocycles. The Kier molecular flexibility index (Phi) is 6.79. The summed E-state index contributed by atoms with van der Waals surface area (Å²) in [6.07, 6.45) is 3.95. The van der Waals surface area contributed by atoms with Gasteiger partial charge in [-0.05, 0) is 25.0 Å². The predicted octanol–water partition coefficient (Wildman–Crippen LogP) is 3.74. The number of benzene rings is 1. The Balaban J connectivity index is 2.75. The van der Waals surface area contributed by atoms with Gasteiger partial charge in [-0.2, -0.15) is 0 Å². The van der Waals surface area contributed by atoms with Gasteiger partial charge in [0.2, 0.25) is 0 Å². The smallest absolute Gasteiger partial charge is 0.339 e. The molecule has 4 heteroatoms. The molecule has 1 aromatic rings. The second kappa shape index (κ2) is 8.40. The molecule has 0 heterocycles. The van der Waals surface area contributed by atoms with E-state index in [9.17, 15) is 4.79 Å². The first kappa shape index (κ1) is 15.3. The lowest BCUT2D eigenvalue weighted by atomic mass is 10.2. The maximum absolute atomic E-state index is 11.1. The highest BCUT2D eigenvalue weighted by Crippen LogP contribution is 2.25. The number of hydrogen-bond acceptors (Lipinski definition) is 3. The Hall–Kier alpha value is -1.71. The summed E-state index contributed by atoms with van der Waals surface area (Å²) in [4.78, 5) is 11.1. The normalized spacial score (nSPS) is 10.2. The van der Waals surface area contributed by atoms with Crippen LogP contribution in [0, 0.1) is 0 Å². The third-order valence-corrected chi connectivity index (χ3v) is 2.71. The summed E-state index contributed by atoms with van der Waals surface area (Å²) in [6, 6.07) is 4.87. The quantitative estimate of drug-likeness (QED) is 0.692. The van der Waals surface area contributed by atoms with Crippen LogP contribution >= 0.6 is 0 Å². The second-order valence-electron chi connectivity index (χ2n) is 4.37. The number of aromatic carboxylic acids is 1. The molecule has 0 aliphatic carbocycles. The van der Waals surface area contributed by atoms with Crippen molar-refractivity contribution >= 4 is 5.97 Å². The topological polar surface area (TPSA) is 55.8 Å². The fourth-order valence-corrected chi connectivity index (χ4v) is 1.55. The average Bonchev–Trinajstić information content (AvgIpc) is 2.39. The molecule has 0 unspecified atom stereocenters. The third kappa shape index (κ3) is 5.20. The molecule has 1 N–H and O–H groups in total. The van der Waals surface area contributed by atoms with Crippen LogP contribution in [0.4, 0.5) is 0 Å². The largest absolute Gasteiger partial charge is 0.493 e. The molecule has 1 rings (SSSR count). The molecular formula is C15H22O4. The van der Waals surface area contributed by atoms with Crippen LogP contribution in [-0.4, -0.2) is 24.3 Å². The Labute approximate surface area is 114 Å². The van der Waals surface area contributed by atoms with Gasteiger partial charge in [-0.15, -0.1) is 0 Å². The van der Waals surface area contributed by atoms with Crippen LogP contribution in [0.3, 0.4) is 0 Å². The number of carboxylic acids is 1. The van der Waals surface area contributed by atoms with Crippen LogP contribution in [0.5, 0.6) is 11.5 Å². The van der Waals surface area contributed by atoms with E-state index in [1.165, 1.54) is 6.07 Å². The summed E-state index contributed by atoms with van der Waals surface area (Å²) >= 11 is 0. The SMILES string of the molecule is CCCCOc1ccc(C(=O)O)c(OCCCC)c1. The van der Waals surface area contributed by atoms with Crippen molar-refractivity contribution in [3.05, 3.63) is 23.8 Å². The molecule has 0 saturated carbocycles. The first-order valence-electron chi connectivity index (χ1n) is 6.82. The summed E-state index contributed by atoms with van der Waals surface area (Å²) in [7, 11) is 0. The highest BCUT2D eigenvalue weighted by molar-refractivity contribution is 5.91. The van der Waals surface area contributed by atoms with E-state index < -0.39 is 5.97 Å².